The average Bonchev–Trinajstić information content (AvgIpc) is 3.40. The van der Waals surface area contributed by atoms with Gasteiger partial charge in [0, 0.05) is 24.4 Å². The Morgan fingerprint density at radius 2 is 2.10 bits per heavy atom. The van der Waals surface area contributed by atoms with Crippen LogP contribution in [0.15, 0.2) is 35.8 Å². The van der Waals surface area contributed by atoms with Gasteiger partial charge in [0.2, 0.25) is 0 Å². The van der Waals surface area contributed by atoms with Gasteiger partial charge in [0.25, 0.3) is 5.91 Å². The molecule has 3 heterocycles. The molecule has 2 aromatic heterocycles. The van der Waals surface area contributed by atoms with Gasteiger partial charge in [-0.15, -0.1) is 11.3 Å². The summed E-state index contributed by atoms with van der Waals surface area (Å²) in [4.78, 5) is 18.3. The maximum absolute atomic E-state index is 13.1. The second-order valence-corrected chi connectivity index (χ2v) is 8.34. The van der Waals surface area contributed by atoms with E-state index in [-0.39, 0.29) is 23.9 Å². The molecule has 31 heavy (non-hydrogen) atoms. The monoisotopic (exact) mass is 450 g/mol. The van der Waals surface area contributed by atoms with Crippen molar-refractivity contribution in [3.63, 3.8) is 0 Å². The van der Waals surface area contributed by atoms with E-state index >= 15 is 0 Å². The molecule has 0 saturated carbocycles. The number of benzene rings is 1. The summed E-state index contributed by atoms with van der Waals surface area (Å²) in [5, 5.41) is 16.1. The van der Waals surface area contributed by atoms with Crippen LogP contribution in [0.3, 0.4) is 0 Å². The van der Waals surface area contributed by atoms with E-state index in [4.69, 9.17) is 0 Å². The molecule has 3 aromatic rings. The lowest BCUT2D eigenvalue weighted by Crippen LogP contribution is -2.39. The predicted octanol–water partition coefficient (Wildman–Crippen LogP) is 4.64. The van der Waals surface area contributed by atoms with Crippen LogP contribution in [0.5, 0.6) is 5.75 Å². The van der Waals surface area contributed by atoms with Crippen LogP contribution in [0.25, 0.3) is 5.69 Å². The second-order valence-electron chi connectivity index (χ2n) is 7.45. The van der Waals surface area contributed by atoms with E-state index < -0.39 is 17.8 Å². The summed E-state index contributed by atoms with van der Waals surface area (Å²) in [5.41, 5.74) is 0.827. The highest BCUT2D eigenvalue weighted by Crippen LogP contribution is 2.35. The number of aromatic hydroxyl groups is 1. The number of hydrogen-bond donors (Lipinski definition) is 1. The number of carbonyl (C=O) groups is 1. The Morgan fingerprint density at radius 1 is 1.32 bits per heavy atom. The van der Waals surface area contributed by atoms with Crippen molar-refractivity contribution >= 4 is 17.2 Å². The van der Waals surface area contributed by atoms with E-state index in [0.717, 1.165) is 34.4 Å². The lowest BCUT2D eigenvalue weighted by atomic mass is 9.98. The molecular formula is C21H21F3N4O2S. The number of carbonyl (C=O) groups excluding carboxylic acids is 1. The van der Waals surface area contributed by atoms with Crippen molar-refractivity contribution in [2.75, 3.05) is 13.1 Å². The molecule has 1 unspecified atom stereocenters. The first-order valence-electron chi connectivity index (χ1n) is 9.96. The van der Waals surface area contributed by atoms with Gasteiger partial charge in [-0.3, -0.25) is 4.79 Å². The van der Waals surface area contributed by atoms with E-state index in [1.165, 1.54) is 15.8 Å². The fourth-order valence-electron chi connectivity index (χ4n) is 3.79. The van der Waals surface area contributed by atoms with Crippen LogP contribution < -0.4 is 0 Å². The zero-order chi connectivity index (χ0) is 22.2. The van der Waals surface area contributed by atoms with Crippen molar-refractivity contribution in [1.82, 2.24) is 19.7 Å². The first kappa shape index (κ1) is 21.4. The number of aryl methyl sites for hydroxylation is 1. The molecule has 10 heteroatoms. The molecule has 1 aromatic carbocycles. The van der Waals surface area contributed by atoms with E-state index in [9.17, 15) is 23.1 Å². The number of hydrogen-bond acceptors (Lipinski definition) is 5. The van der Waals surface area contributed by atoms with Gasteiger partial charge in [-0.2, -0.15) is 18.3 Å². The number of amides is 1. The molecule has 1 N–H and O–H groups in total. The van der Waals surface area contributed by atoms with Gasteiger partial charge in [-0.25, -0.2) is 9.67 Å². The molecule has 0 radical (unpaired) electrons. The zero-order valence-electron chi connectivity index (χ0n) is 16.8. The summed E-state index contributed by atoms with van der Waals surface area (Å²) >= 11 is 0.963. The molecule has 164 valence electrons. The lowest BCUT2D eigenvalue weighted by Gasteiger charge is -2.31. The third-order valence-corrected chi connectivity index (χ3v) is 6.39. The smallest absolute Gasteiger partial charge is 0.434 e. The van der Waals surface area contributed by atoms with Crippen molar-refractivity contribution in [3.8, 4) is 11.4 Å². The Morgan fingerprint density at radius 3 is 2.81 bits per heavy atom. The lowest BCUT2D eigenvalue weighted by molar-refractivity contribution is -0.140. The van der Waals surface area contributed by atoms with E-state index in [1.54, 1.807) is 0 Å². The number of thiazole rings is 1. The van der Waals surface area contributed by atoms with Gasteiger partial charge in [-0.1, -0.05) is 25.1 Å². The van der Waals surface area contributed by atoms with E-state index in [1.807, 2.05) is 31.2 Å². The number of alkyl halides is 3. The van der Waals surface area contributed by atoms with Crippen molar-refractivity contribution in [2.24, 2.45) is 0 Å². The highest BCUT2D eigenvalue weighted by atomic mass is 32.1. The van der Waals surface area contributed by atoms with Gasteiger partial charge in [0.15, 0.2) is 17.1 Å². The summed E-state index contributed by atoms with van der Waals surface area (Å²) in [6, 6.07) is 7.58. The maximum Gasteiger partial charge on any atom is 0.434 e. The van der Waals surface area contributed by atoms with Crippen LogP contribution in [0, 0.1) is 0 Å². The molecule has 0 bridgehead atoms. The van der Waals surface area contributed by atoms with E-state index in [2.05, 4.69) is 10.1 Å². The molecule has 1 saturated heterocycles. The molecule has 0 aliphatic carbocycles. The Balaban J connectivity index is 1.54. The fraction of sp³-hybridized carbons (Fsp3) is 0.381. The van der Waals surface area contributed by atoms with E-state index in [0.29, 0.717) is 24.4 Å². The van der Waals surface area contributed by atoms with Crippen molar-refractivity contribution in [1.29, 1.82) is 0 Å². The van der Waals surface area contributed by atoms with Gasteiger partial charge >= 0.3 is 6.18 Å². The molecular weight excluding hydrogens is 429 g/mol. The normalized spacial score (nSPS) is 17.2. The van der Waals surface area contributed by atoms with Crippen molar-refractivity contribution in [3.05, 3.63) is 57.8 Å². The van der Waals surface area contributed by atoms with Crippen LogP contribution in [-0.2, 0) is 12.6 Å². The molecule has 1 fully saturated rings. The SMILES string of the molecule is CCc1ccccc1-n1cc(O)c(C(=O)N2CCCC(c3nc(C(F)(F)F)cs3)C2)n1. The zero-order valence-corrected chi connectivity index (χ0v) is 17.6. The quantitative estimate of drug-likeness (QED) is 0.629. The standard InChI is InChI=1S/C21H21F3N4O2S/c1-2-13-6-3-4-8-15(13)28-11-16(29)18(26-28)20(30)27-9-5-7-14(10-27)19-25-17(12-31-19)21(22,23)24/h3-4,6,8,11-12,14,29H,2,5,7,9-10H2,1H3. The first-order chi connectivity index (χ1) is 14.8. The van der Waals surface area contributed by atoms with Crippen molar-refractivity contribution < 1.29 is 23.1 Å². The maximum atomic E-state index is 13.1. The second kappa shape index (κ2) is 8.33. The molecule has 1 aliphatic rings. The number of halogens is 3. The van der Waals surface area contributed by atoms with Crippen LogP contribution in [0.4, 0.5) is 13.2 Å². The number of piperidine rings is 1. The molecule has 1 amide bonds. The predicted molar refractivity (Wildman–Crippen MR) is 110 cm³/mol. The Kier molecular flexibility index (Phi) is 5.74. The number of para-hydroxylation sites is 1. The minimum atomic E-state index is -4.48. The number of aromatic nitrogens is 3. The summed E-state index contributed by atoms with van der Waals surface area (Å²) in [6.45, 7) is 2.69. The summed E-state index contributed by atoms with van der Waals surface area (Å²) in [7, 11) is 0. The first-order valence-corrected chi connectivity index (χ1v) is 10.8. The van der Waals surface area contributed by atoms with Gasteiger partial charge in [-0.05, 0) is 30.9 Å². The number of rotatable bonds is 4. The summed E-state index contributed by atoms with van der Waals surface area (Å²) in [6.07, 6.45) is -1.02. The van der Waals surface area contributed by atoms with Crippen LogP contribution in [-0.4, -0.2) is 43.8 Å². The number of likely N-dealkylation sites (tertiary alicyclic amines) is 1. The van der Waals surface area contributed by atoms with Gasteiger partial charge in [0.05, 0.1) is 16.9 Å². The largest absolute Gasteiger partial charge is 0.504 e. The van der Waals surface area contributed by atoms with Crippen molar-refractivity contribution in [2.45, 2.75) is 38.3 Å². The Labute approximate surface area is 181 Å². The van der Waals surface area contributed by atoms with Crippen LogP contribution >= 0.6 is 11.3 Å². The van der Waals surface area contributed by atoms with Gasteiger partial charge < -0.3 is 10.0 Å². The third kappa shape index (κ3) is 4.30. The topological polar surface area (TPSA) is 71.2 Å². The molecule has 6 nitrogen and oxygen atoms in total. The minimum Gasteiger partial charge on any atom is -0.504 e. The Bertz CT molecular complexity index is 1090. The number of nitrogens with zero attached hydrogens (tertiary/aromatic N) is 4. The van der Waals surface area contributed by atoms with Gasteiger partial charge in [0.1, 0.15) is 0 Å². The molecule has 4 rings (SSSR count). The van der Waals surface area contributed by atoms with Crippen LogP contribution in [0.1, 0.15) is 52.4 Å². The third-order valence-electron chi connectivity index (χ3n) is 5.39. The molecule has 1 atom stereocenters. The highest BCUT2D eigenvalue weighted by molar-refractivity contribution is 7.09. The molecule has 0 spiro atoms. The molecule has 1 aliphatic heterocycles. The minimum absolute atomic E-state index is 0.0679. The fourth-order valence-corrected chi connectivity index (χ4v) is 4.75. The average molecular weight is 450 g/mol. The summed E-state index contributed by atoms with van der Waals surface area (Å²) < 4.78 is 40.1. The Hall–Kier alpha value is -2.88. The highest BCUT2D eigenvalue weighted by Gasteiger charge is 2.36. The van der Waals surface area contributed by atoms with Crippen LogP contribution in [0.2, 0.25) is 0 Å². The summed E-state index contributed by atoms with van der Waals surface area (Å²) in [5.74, 6) is -0.946.